The SMILES string of the molecule is CCOC(=O)CC[N+](CC)(CC)CC(=O)Nc1c(C)cccc1C. The molecule has 0 bridgehead atoms. The van der Waals surface area contributed by atoms with E-state index in [0.29, 0.717) is 30.6 Å². The number of nitrogens with one attached hydrogen (secondary N) is 1. The minimum Gasteiger partial charge on any atom is -0.466 e. The molecule has 0 fully saturated rings. The summed E-state index contributed by atoms with van der Waals surface area (Å²) in [5.74, 6) is -0.211. The van der Waals surface area contributed by atoms with Crippen LogP contribution in [0.25, 0.3) is 0 Å². The second kappa shape index (κ2) is 9.42. The van der Waals surface area contributed by atoms with Crippen LogP contribution in [0.5, 0.6) is 0 Å². The molecule has 0 aliphatic heterocycles. The van der Waals surface area contributed by atoms with Gasteiger partial charge in [-0.2, -0.15) is 0 Å². The molecule has 0 aliphatic rings. The number of rotatable bonds is 9. The summed E-state index contributed by atoms with van der Waals surface area (Å²) in [6, 6.07) is 5.97. The maximum absolute atomic E-state index is 12.6. The van der Waals surface area contributed by atoms with Crippen LogP contribution in [-0.4, -0.2) is 49.1 Å². The molecule has 0 radical (unpaired) electrons. The van der Waals surface area contributed by atoms with Gasteiger partial charge in [-0.15, -0.1) is 0 Å². The van der Waals surface area contributed by atoms with Crippen LogP contribution in [0.3, 0.4) is 0 Å². The largest absolute Gasteiger partial charge is 0.466 e. The van der Waals surface area contributed by atoms with E-state index in [0.717, 1.165) is 29.9 Å². The van der Waals surface area contributed by atoms with Crippen LogP contribution in [0.2, 0.25) is 0 Å². The highest BCUT2D eigenvalue weighted by molar-refractivity contribution is 5.93. The summed E-state index contributed by atoms with van der Waals surface area (Å²) in [7, 11) is 0. The van der Waals surface area contributed by atoms with E-state index in [1.807, 2.05) is 32.0 Å². The molecule has 5 nitrogen and oxygen atoms in total. The summed E-state index contributed by atoms with van der Waals surface area (Å²) in [5, 5.41) is 3.04. The van der Waals surface area contributed by atoms with Crippen molar-refractivity contribution in [2.24, 2.45) is 0 Å². The number of ether oxygens (including phenoxy) is 1. The number of nitrogens with zero attached hydrogens (tertiary/aromatic N) is 1. The van der Waals surface area contributed by atoms with Crippen molar-refractivity contribution >= 4 is 17.6 Å². The van der Waals surface area contributed by atoms with E-state index in [4.69, 9.17) is 4.74 Å². The number of benzene rings is 1. The van der Waals surface area contributed by atoms with E-state index < -0.39 is 0 Å². The zero-order valence-corrected chi connectivity index (χ0v) is 15.6. The lowest BCUT2D eigenvalue weighted by Crippen LogP contribution is -2.53. The average molecular weight is 335 g/mol. The monoisotopic (exact) mass is 335 g/mol. The Balaban J connectivity index is 2.76. The molecule has 24 heavy (non-hydrogen) atoms. The number of carbonyl (C=O) groups excluding carboxylic acids is 2. The van der Waals surface area contributed by atoms with Crippen LogP contribution in [0.4, 0.5) is 5.69 Å². The lowest BCUT2D eigenvalue weighted by atomic mass is 10.1. The number of aryl methyl sites for hydroxylation is 2. The number of hydrogen-bond donors (Lipinski definition) is 1. The van der Waals surface area contributed by atoms with Crippen LogP contribution in [-0.2, 0) is 14.3 Å². The molecule has 134 valence electrons. The summed E-state index contributed by atoms with van der Waals surface area (Å²) in [6.45, 7) is 12.9. The molecule has 0 unspecified atom stereocenters. The predicted molar refractivity (Wildman–Crippen MR) is 96.9 cm³/mol. The van der Waals surface area contributed by atoms with Crippen LogP contribution in [0.15, 0.2) is 18.2 Å². The molecule has 0 aromatic heterocycles. The zero-order chi connectivity index (χ0) is 18.2. The smallest absolute Gasteiger partial charge is 0.311 e. The molecule has 5 heteroatoms. The van der Waals surface area contributed by atoms with Gasteiger partial charge in [0.05, 0.1) is 32.7 Å². The zero-order valence-electron chi connectivity index (χ0n) is 15.6. The van der Waals surface area contributed by atoms with Gasteiger partial charge in [0, 0.05) is 5.69 Å². The van der Waals surface area contributed by atoms with Crippen molar-refractivity contribution in [2.75, 3.05) is 38.1 Å². The third kappa shape index (κ3) is 5.64. The second-order valence-corrected chi connectivity index (χ2v) is 6.23. The quantitative estimate of drug-likeness (QED) is 0.557. The van der Waals surface area contributed by atoms with Gasteiger partial charge in [-0.05, 0) is 45.7 Å². The Hall–Kier alpha value is -1.88. The molecule has 0 atom stereocenters. The molecular weight excluding hydrogens is 304 g/mol. The number of quaternary nitrogens is 1. The van der Waals surface area contributed by atoms with Crippen molar-refractivity contribution in [1.29, 1.82) is 0 Å². The molecule has 0 saturated carbocycles. The van der Waals surface area contributed by atoms with Crippen LogP contribution < -0.4 is 5.32 Å². The summed E-state index contributed by atoms with van der Waals surface area (Å²) in [5.41, 5.74) is 3.00. The predicted octanol–water partition coefficient (Wildman–Crippen LogP) is 3.05. The van der Waals surface area contributed by atoms with Gasteiger partial charge in [0.2, 0.25) is 0 Å². The van der Waals surface area contributed by atoms with Gasteiger partial charge in [-0.3, -0.25) is 9.59 Å². The van der Waals surface area contributed by atoms with Gasteiger partial charge in [0.15, 0.2) is 6.54 Å². The van der Waals surface area contributed by atoms with Crippen molar-refractivity contribution in [3.63, 3.8) is 0 Å². The molecule has 0 heterocycles. The van der Waals surface area contributed by atoms with Gasteiger partial charge >= 0.3 is 5.97 Å². The van der Waals surface area contributed by atoms with Crippen molar-refractivity contribution in [3.05, 3.63) is 29.3 Å². The Morgan fingerprint density at radius 1 is 1.08 bits per heavy atom. The van der Waals surface area contributed by atoms with E-state index in [9.17, 15) is 9.59 Å². The fourth-order valence-corrected chi connectivity index (χ4v) is 2.90. The van der Waals surface area contributed by atoms with Gasteiger partial charge < -0.3 is 14.5 Å². The first kappa shape index (κ1) is 20.2. The molecular formula is C19H31N2O3+. The first-order valence-electron chi connectivity index (χ1n) is 8.74. The lowest BCUT2D eigenvalue weighted by Gasteiger charge is -2.36. The van der Waals surface area contributed by atoms with Gasteiger partial charge in [0.1, 0.15) is 0 Å². The van der Waals surface area contributed by atoms with Gasteiger partial charge in [0.25, 0.3) is 5.91 Å². The van der Waals surface area contributed by atoms with E-state index in [1.165, 1.54) is 0 Å². The third-order valence-corrected chi connectivity index (χ3v) is 4.66. The van der Waals surface area contributed by atoms with Crippen LogP contribution >= 0.6 is 0 Å². The number of esters is 1. The minimum atomic E-state index is -0.197. The van der Waals surface area contributed by atoms with E-state index in [1.54, 1.807) is 6.92 Å². The molecule has 0 aliphatic carbocycles. The maximum Gasteiger partial charge on any atom is 0.311 e. The molecule has 1 N–H and O–H groups in total. The van der Waals surface area contributed by atoms with Crippen molar-refractivity contribution in [2.45, 2.75) is 41.0 Å². The standard InChI is InChI=1S/C19H30N2O3/c1-6-21(7-2,13-12-18(23)24-8-3)14-17(22)20-19-15(4)10-9-11-16(19)5/h9-11H,6-8,12-14H2,1-5H3/p+1. The van der Waals surface area contributed by atoms with E-state index >= 15 is 0 Å². The topological polar surface area (TPSA) is 55.4 Å². The van der Waals surface area contributed by atoms with Crippen molar-refractivity contribution < 1.29 is 18.8 Å². The highest BCUT2D eigenvalue weighted by Gasteiger charge is 2.28. The fraction of sp³-hybridized carbons (Fsp3) is 0.579. The summed E-state index contributed by atoms with van der Waals surface area (Å²) >= 11 is 0. The van der Waals surface area contributed by atoms with Crippen molar-refractivity contribution in [1.82, 2.24) is 0 Å². The summed E-state index contributed by atoms with van der Waals surface area (Å²) in [4.78, 5) is 24.2. The number of likely N-dealkylation sites (N-methyl/N-ethyl adjacent to an activating group) is 1. The number of carbonyl (C=O) groups is 2. The normalized spacial score (nSPS) is 11.2. The second-order valence-electron chi connectivity index (χ2n) is 6.23. The number of hydrogen-bond acceptors (Lipinski definition) is 3. The Kier molecular flexibility index (Phi) is 7.92. The van der Waals surface area contributed by atoms with Gasteiger partial charge in [-0.1, -0.05) is 18.2 Å². The summed E-state index contributed by atoms with van der Waals surface area (Å²) in [6.07, 6.45) is 0.339. The Morgan fingerprint density at radius 2 is 1.67 bits per heavy atom. The Morgan fingerprint density at radius 3 is 2.17 bits per heavy atom. The number of amides is 1. The highest BCUT2D eigenvalue weighted by atomic mass is 16.5. The van der Waals surface area contributed by atoms with E-state index in [-0.39, 0.29) is 11.9 Å². The third-order valence-electron chi connectivity index (χ3n) is 4.66. The molecule has 1 amide bonds. The molecule has 0 saturated heterocycles. The Labute approximate surface area is 145 Å². The summed E-state index contributed by atoms with van der Waals surface area (Å²) < 4.78 is 5.59. The molecule has 0 spiro atoms. The van der Waals surface area contributed by atoms with Crippen LogP contribution in [0, 0.1) is 13.8 Å². The van der Waals surface area contributed by atoms with Crippen LogP contribution in [0.1, 0.15) is 38.3 Å². The average Bonchev–Trinajstić information content (AvgIpc) is 2.55. The van der Waals surface area contributed by atoms with Crippen molar-refractivity contribution in [3.8, 4) is 0 Å². The lowest BCUT2D eigenvalue weighted by molar-refractivity contribution is -0.916. The Bertz CT molecular complexity index is 545. The number of para-hydroxylation sites is 1. The maximum atomic E-state index is 12.6. The molecule has 1 rings (SSSR count). The molecule has 1 aromatic rings. The molecule has 1 aromatic carbocycles. The fourth-order valence-electron chi connectivity index (χ4n) is 2.90. The first-order chi connectivity index (χ1) is 11.4. The van der Waals surface area contributed by atoms with E-state index in [2.05, 4.69) is 19.2 Å². The highest BCUT2D eigenvalue weighted by Crippen LogP contribution is 2.20. The minimum absolute atomic E-state index is 0.0139. The van der Waals surface area contributed by atoms with Gasteiger partial charge in [-0.25, -0.2) is 0 Å². The number of anilines is 1. The first-order valence-corrected chi connectivity index (χ1v) is 8.74.